The Bertz CT molecular complexity index is 461. The topological polar surface area (TPSA) is 67.6 Å². The third-order valence-electron chi connectivity index (χ3n) is 4.62. The van der Waals surface area contributed by atoms with Crippen molar-refractivity contribution < 1.29 is 0 Å². The summed E-state index contributed by atoms with van der Waals surface area (Å²) in [7, 11) is 0. The maximum atomic E-state index is 5.58. The zero-order valence-electron chi connectivity index (χ0n) is 11.9. The fourth-order valence-electron chi connectivity index (χ4n) is 3.67. The van der Waals surface area contributed by atoms with Crippen LogP contribution in [0.3, 0.4) is 0 Å². The number of rotatable bonds is 3. The van der Waals surface area contributed by atoms with Crippen molar-refractivity contribution in [3.05, 3.63) is 35.9 Å². The highest BCUT2D eigenvalue weighted by Crippen LogP contribution is 2.40. The van der Waals surface area contributed by atoms with Crippen molar-refractivity contribution in [1.29, 1.82) is 0 Å². The fraction of sp³-hybridized carbons (Fsp3) is 0.562. The zero-order valence-corrected chi connectivity index (χ0v) is 11.9. The summed E-state index contributed by atoms with van der Waals surface area (Å²) in [6, 6.07) is 11.9. The van der Waals surface area contributed by atoms with Crippen LogP contribution in [0.1, 0.15) is 43.7 Å². The highest BCUT2D eigenvalue weighted by atomic mass is 15.3. The van der Waals surface area contributed by atoms with Crippen LogP contribution < -0.4 is 11.5 Å². The molecule has 108 valence electrons. The largest absolute Gasteiger partial charge is 0.370 e. The Balaban J connectivity index is 1.79. The lowest BCUT2D eigenvalue weighted by atomic mass is 9.84. The smallest absolute Gasteiger partial charge is 0.186 e. The third kappa shape index (κ3) is 2.66. The first-order valence-electron chi connectivity index (χ1n) is 7.65. The van der Waals surface area contributed by atoms with E-state index in [1.54, 1.807) is 0 Å². The number of likely N-dealkylation sites (tertiary alicyclic amines) is 1. The molecule has 0 radical (unpaired) electrons. The Morgan fingerprint density at radius 3 is 2.40 bits per heavy atom. The lowest BCUT2D eigenvalue weighted by Gasteiger charge is -2.51. The minimum atomic E-state index is 0.208. The molecular formula is C16H24N4. The van der Waals surface area contributed by atoms with Crippen LogP contribution in [0, 0.1) is 0 Å². The molecule has 2 aliphatic rings. The van der Waals surface area contributed by atoms with E-state index in [2.05, 4.69) is 40.2 Å². The highest BCUT2D eigenvalue weighted by Gasteiger charge is 2.43. The molecule has 4 nitrogen and oxygen atoms in total. The van der Waals surface area contributed by atoms with Crippen molar-refractivity contribution in [2.75, 3.05) is 6.54 Å². The van der Waals surface area contributed by atoms with Gasteiger partial charge in [0.05, 0.1) is 12.1 Å². The minimum absolute atomic E-state index is 0.208. The van der Waals surface area contributed by atoms with Crippen molar-refractivity contribution in [2.24, 2.45) is 16.5 Å². The monoisotopic (exact) mass is 272 g/mol. The van der Waals surface area contributed by atoms with Crippen molar-refractivity contribution in [1.82, 2.24) is 4.90 Å². The summed E-state index contributed by atoms with van der Waals surface area (Å²) < 4.78 is 0. The zero-order chi connectivity index (χ0) is 13.9. The Kier molecular flexibility index (Phi) is 3.92. The molecular weight excluding hydrogens is 248 g/mol. The van der Waals surface area contributed by atoms with E-state index in [1.807, 2.05) is 0 Å². The molecule has 2 atom stereocenters. The van der Waals surface area contributed by atoms with Crippen LogP contribution in [0.15, 0.2) is 35.3 Å². The molecule has 0 spiro atoms. The maximum Gasteiger partial charge on any atom is 0.186 e. The van der Waals surface area contributed by atoms with Crippen LogP contribution in [-0.2, 0) is 0 Å². The van der Waals surface area contributed by atoms with Gasteiger partial charge in [0.25, 0.3) is 0 Å². The molecule has 2 fully saturated rings. The molecule has 4 heteroatoms. The normalized spacial score (nSPS) is 27.8. The number of hydrogen-bond donors (Lipinski definition) is 2. The maximum absolute atomic E-state index is 5.58. The van der Waals surface area contributed by atoms with Crippen molar-refractivity contribution in [3.63, 3.8) is 0 Å². The van der Waals surface area contributed by atoms with Gasteiger partial charge in [0.2, 0.25) is 0 Å². The molecule has 1 aromatic rings. The predicted octanol–water partition coefficient (Wildman–Crippen LogP) is 2.02. The predicted molar refractivity (Wildman–Crippen MR) is 82.4 cm³/mol. The Morgan fingerprint density at radius 2 is 1.75 bits per heavy atom. The van der Waals surface area contributed by atoms with Crippen LogP contribution in [0.5, 0.6) is 0 Å². The molecule has 1 heterocycles. The highest BCUT2D eigenvalue weighted by molar-refractivity contribution is 5.76. The standard InChI is InChI=1S/C16H24N4/c17-16(18)19-14-11-20(13-9-5-2-6-10-13)15(14)12-7-3-1-4-8-12/h1,3-4,7-8,13-15H,2,5-6,9-11H2,(H4,17,18,19). The minimum Gasteiger partial charge on any atom is -0.370 e. The molecule has 1 aliphatic carbocycles. The summed E-state index contributed by atoms with van der Waals surface area (Å²) in [6.45, 7) is 0.988. The molecule has 0 amide bonds. The van der Waals surface area contributed by atoms with E-state index in [1.165, 1.54) is 37.7 Å². The molecule has 1 aliphatic heterocycles. The second-order valence-electron chi connectivity index (χ2n) is 5.97. The first kappa shape index (κ1) is 13.4. The number of nitrogens with two attached hydrogens (primary N) is 2. The van der Waals surface area contributed by atoms with Crippen LogP contribution >= 0.6 is 0 Å². The Morgan fingerprint density at radius 1 is 1.05 bits per heavy atom. The number of aliphatic imine (C=N–C) groups is 1. The van der Waals surface area contributed by atoms with Crippen molar-refractivity contribution in [3.8, 4) is 0 Å². The van der Waals surface area contributed by atoms with Gasteiger partial charge in [-0.1, -0.05) is 49.6 Å². The summed E-state index contributed by atoms with van der Waals surface area (Å²) in [5.41, 5.74) is 12.5. The lowest BCUT2D eigenvalue weighted by Crippen LogP contribution is -2.58. The van der Waals surface area contributed by atoms with Crippen LogP contribution in [0.25, 0.3) is 0 Å². The van der Waals surface area contributed by atoms with Crippen molar-refractivity contribution in [2.45, 2.75) is 50.2 Å². The van der Waals surface area contributed by atoms with E-state index in [0.29, 0.717) is 12.1 Å². The molecule has 0 bridgehead atoms. The van der Waals surface area contributed by atoms with E-state index in [-0.39, 0.29) is 12.0 Å². The first-order valence-corrected chi connectivity index (χ1v) is 7.65. The summed E-state index contributed by atoms with van der Waals surface area (Å²) in [4.78, 5) is 7.02. The number of guanidine groups is 1. The van der Waals surface area contributed by atoms with Gasteiger partial charge in [-0.25, -0.2) is 4.99 Å². The molecule has 2 unspecified atom stereocenters. The van der Waals surface area contributed by atoms with Crippen LogP contribution in [-0.4, -0.2) is 29.5 Å². The fourth-order valence-corrected chi connectivity index (χ4v) is 3.67. The molecule has 1 saturated carbocycles. The molecule has 4 N–H and O–H groups in total. The molecule has 0 aromatic heterocycles. The van der Waals surface area contributed by atoms with Gasteiger partial charge in [0.15, 0.2) is 5.96 Å². The van der Waals surface area contributed by atoms with Gasteiger partial charge in [0.1, 0.15) is 0 Å². The Labute approximate surface area is 120 Å². The number of benzene rings is 1. The van der Waals surface area contributed by atoms with Gasteiger partial charge in [-0.2, -0.15) is 0 Å². The van der Waals surface area contributed by atoms with Gasteiger partial charge < -0.3 is 11.5 Å². The van der Waals surface area contributed by atoms with Gasteiger partial charge in [-0.05, 0) is 18.4 Å². The summed E-state index contributed by atoms with van der Waals surface area (Å²) in [6.07, 6.45) is 6.73. The first-order chi connectivity index (χ1) is 9.75. The van der Waals surface area contributed by atoms with E-state index in [9.17, 15) is 0 Å². The second kappa shape index (κ2) is 5.83. The van der Waals surface area contributed by atoms with E-state index < -0.39 is 0 Å². The molecule has 1 aromatic carbocycles. The summed E-state index contributed by atoms with van der Waals surface area (Å²) in [5.74, 6) is 0.208. The van der Waals surface area contributed by atoms with Crippen LogP contribution in [0.4, 0.5) is 0 Å². The Hall–Kier alpha value is -1.55. The van der Waals surface area contributed by atoms with E-state index in [0.717, 1.165) is 6.54 Å². The van der Waals surface area contributed by atoms with Gasteiger partial charge in [-0.3, -0.25) is 4.90 Å². The second-order valence-corrected chi connectivity index (χ2v) is 5.97. The van der Waals surface area contributed by atoms with Gasteiger partial charge >= 0.3 is 0 Å². The molecule has 3 rings (SSSR count). The summed E-state index contributed by atoms with van der Waals surface area (Å²) >= 11 is 0. The molecule has 20 heavy (non-hydrogen) atoms. The number of nitrogens with zero attached hydrogens (tertiary/aromatic N) is 2. The van der Waals surface area contributed by atoms with Crippen molar-refractivity contribution >= 4 is 5.96 Å². The van der Waals surface area contributed by atoms with E-state index >= 15 is 0 Å². The van der Waals surface area contributed by atoms with Gasteiger partial charge in [0, 0.05) is 12.6 Å². The number of hydrogen-bond acceptors (Lipinski definition) is 2. The third-order valence-corrected chi connectivity index (χ3v) is 4.62. The van der Waals surface area contributed by atoms with E-state index in [4.69, 9.17) is 11.5 Å². The van der Waals surface area contributed by atoms with Gasteiger partial charge in [-0.15, -0.1) is 0 Å². The summed E-state index contributed by atoms with van der Waals surface area (Å²) in [5, 5.41) is 0. The average Bonchev–Trinajstić information content (AvgIpc) is 2.45. The van der Waals surface area contributed by atoms with Crippen LogP contribution in [0.2, 0.25) is 0 Å². The quantitative estimate of drug-likeness (QED) is 0.653. The lowest BCUT2D eigenvalue weighted by molar-refractivity contribution is 0.00290. The SMILES string of the molecule is NC(N)=NC1CN(C2CCCCC2)C1c1ccccc1. The molecule has 1 saturated heterocycles. The average molecular weight is 272 g/mol.